The lowest BCUT2D eigenvalue weighted by molar-refractivity contribution is -0.315. The Kier molecular flexibility index (Phi) is 13.5. The zero-order valence-electron chi connectivity index (χ0n) is 29.3. The van der Waals surface area contributed by atoms with E-state index >= 15 is 0 Å². The minimum absolute atomic E-state index is 0.113. The SMILES string of the molecule is CC(=O)OC1C(O)OC(COC2OCC(OC(=O)c3ccccc3)C(OC(=O)c3ccccc3)C2OC(=O)c2ccccc2)C(OC(C)=O)C1OC(C)=O. The number of ether oxygens (including phenoxy) is 9. The highest BCUT2D eigenvalue weighted by molar-refractivity contribution is 5.91. The predicted octanol–water partition coefficient (Wildman–Crippen LogP) is 2.55. The third-order valence-corrected chi connectivity index (χ3v) is 8.10. The number of carbonyl (C=O) groups excluding carboxylic acids is 6. The van der Waals surface area contributed by atoms with Gasteiger partial charge in [0.1, 0.15) is 6.10 Å². The fraction of sp³-hybridized carbons (Fsp3) is 0.368. The first-order chi connectivity index (χ1) is 25.9. The molecule has 16 heteroatoms. The van der Waals surface area contributed by atoms with E-state index in [1.165, 1.54) is 36.4 Å². The Balaban J connectivity index is 1.47. The van der Waals surface area contributed by atoms with Crippen LogP contribution < -0.4 is 0 Å². The number of aliphatic hydroxyl groups excluding tert-OH is 1. The van der Waals surface area contributed by atoms with Crippen molar-refractivity contribution in [3.63, 3.8) is 0 Å². The summed E-state index contributed by atoms with van der Waals surface area (Å²) in [6, 6.07) is 23.7. The molecule has 2 fully saturated rings. The Hall–Kier alpha value is -5.68. The van der Waals surface area contributed by atoms with Gasteiger partial charge in [0.2, 0.25) is 0 Å². The largest absolute Gasteiger partial charge is 0.456 e. The maximum atomic E-state index is 13.5. The Morgan fingerprint density at radius 3 is 1.46 bits per heavy atom. The number of benzene rings is 3. The smallest absolute Gasteiger partial charge is 0.338 e. The second kappa shape index (κ2) is 18.4. The summed E-state index contributed by atoms with van der Waals surface area (Å²) in [5, 5.41) is 10.8. The molecule has 3 aromatic carbocycles. The first kappa shape index (κ1) is 39.5. The highest BCUT2D eigenvalue weighted by Gasteiger charge is 2.53. The molecular weight excluding hydrogens is 712 g/mol. The van der Waals surface area contributed by atoms with Crippen LogP contribution in [-0.2, 0) is 57.0 Å². The van der Waals surface area contributed by atoms with Crippen LogP contribution in [0.25, 0.3) is 0 Å². The Morgan fingerprint density at radius 2 is 0.981 bits per heavy atom. The van der Waals surface area contributed by atoms with Crippen molar-refractivity contribution < 1.29 is 76.5 Å². The molecule has 0 aliphatic carbocycles. The van der Waals surface area contributed by atoms with E-state index in [1.807, 2.05) is 0 Å². The molecule has 0 saturated carbocycles. The van der Waals surface area contributed by atoms with E-state index < -0.39 is 104 Å². The van der Waals surface area contributed by atoms with Crippen LogP contribution in [-0.4, -0.2) is 109 Å². The fourth-order valence-corrected chi connectivity index (χ4v) is 5.76. The van der Waals surface area contributed by atoms with Gasteiger partial charge >= 0.3 is 35.8 Å². The van der Waals surface area contributed by atoms with Gasteiger partial charge in [-0.3, -0.25) is 14.4 Å². The van der Waals surface area contributed by atoms with Crippen LogP contribution in [0.4, 0.5) is 0 Å². The maximum Gasteiger partial charge on any atom is 0.338 e. The average Bonchev–Trinajstić information content (AvgIpc) is 3.15. The van der Waals surface area contributed by atoms with Crippen molar-refractivity contribution in [1.82, 2.24) is 0 Å². The topological polar surface area (TPSA) is 206 Å². The van der Waals surface area contributed by atoms with Gasteiger partial charge in [-0.15, -0.1) is 0 Å². The molecule has 0 aromatic heterocycles. The second-order valence-corrected chi connectivity index (χ2v) is 12.1. The van der Waals surface area contributed by atoms with E-state index in [0.29, 0.717) is 0 Å². The molecule has 0 bridgehead atoms. The van der Waals surface area contributed by atoms with Crippen molar-refractivity contribution in [3.8, 4) is 0 Å². The van der Waals surface area contributed by atoms with Gasteiger partial charge in [-0.25, -0.2) is 14.4 Å². The van der Waals surface area contributed by atoms with Crippen LogP contribution in [0.3, 0.4) is 0 Å². The van der Waals surface area contributed by atoms with Gasteiger partial charge in [-0.1, -0.05) is 54.6 Å². The normalized spacial score (nSPS) is 26.3. The van der Waals surface area contributed by atoms with E-state index in [-0.39, 0.29) is 16.7 Å². The van der Waals surface area contributed by atoms with Crippen molar-refractivity contribution in [2.75, 3.05) is 13.2 Å². The van der Waals surface area contributed by atoms with Gasteiger partial charge in [0, 0.05) is 20.8 Å². The van der Waals surface area contributed by atoms with Gasteiger partial charge in [-0.05, 0) is 36.4 Å². The summed E-state index contributed by atoms with van der Waals surface area (Å²) >= 11 is 0. The minimum Gasteiger partial charge on any atom is -0.456 e. The highest BCUT2D eigenvalue weighted by Crippen LogP contribution is 2.31. The Labute approximate surface area is 309 Å². The van der Waals surface area contributed by atoms with Gasteiger partial charge in [0.05, 0.1) is 29.9 Å². The summed E-state index contributed by atoms with van der Waals surface area (Å²) in [4.78, 5) is 76.3. The lowest BCUT2D eigenvalue weighted by Gasteiger charge is -2.44. The molecule has 2 saturated heterocycles. The number of hydrogen-bond acceptors (Lipinski definition) is 16. The monoisotopic (exact) mass is 750 g/mol. The molecule has 5 rings (SSSR count). The molecular formula is C38H38O16. The van der Waals surface area contributed by atoms with Crippen molar-refractivity contribution in [2.45, 2.75) is 76.1 Å². The van der Waals surface area contributed by atoms with Gasteiger partial charge in [-0.2, -0.15) is 0 Å². The standard InChI is InChI=1S/C38H38O16/c1-21(39)48-29-27(52-37(45)32(50-23(3)41)31(29)49-22(2)40)19-46-38-33(54-36(44)26-17-11-6-12-18-26)30(53-35(43)25-15-9-5-10-16-25)28(20-47-38)51-34(42)24-13-7-4-8-14-24/h4-18,27-33,37-38,45H,19-20H2,1-3H3. The maximum absolute atomic E-state index is 13.5. The van der Waals surface area contributed by atoms with Crippen LogP contribution in [0.1, 0.15) is 51.8 Å². The summed E-state index contributed by atoms with van der Waals surface area (Å²) in [5.74, 6) is -5.07. The molecule has 9 unspecified atom stereocenters. The Morgan fingerprint density at radius 1 is 0.556 bits per heavy atom. The van der Waals surface area contributed by atoms with E-state index in [0.717, 1.165) is 20.8 Å². The third-order valence-electron chi connectivity index (χ3n) is 8.10. The summed E-state index contributed by atoms with van der Waals surface area (Å²) in [7, 11) is 0. The van der Waals surface area contributed by atoms with Crippen LogP contribution >= 0.6 is 0 Å². The molecule has 2 aliphatic rings. The summed E-state index contributed by atoms with van der Waals surface area (Å²) < 4.78 is 51.1. The molecule has 9 atom stereocenters. The Bertz CT molecular complexity index is 1770. The number of rotatable bonds is 12. The van der Waals surface area contributed by atoms with E-state index in [2.05, 4.69) is 0 Å². The minimum atomic E-state index is -1.89. The molecule has 16 nitrogen and oxygen atoms in total. The molecule has 286 valence electrons. The summed E-state index contributed by atoms with van der Waals surface area (Å²) in [6.45, 7) is 2.15. The van der Waals surface area contributed by atoms with Crippen LogP contribution in [0.5, 0.6) is 0 Å². The number of carbonyl (C=O) groups is 6. The third kappa shape index (κ3) is 10.3. The summed E-state index contributed by atoms with van der Waals surface area (Å²) in [6.07, 6.45) is -14.0. The van der Waals surface area contributed by atoms with Crippen molar-refractivity contribution in [3.05, 3.63) is 108 Å². The van der Waals surface area contributed by atoms with Gasteiger partial charge in [0.25, 0.3) is 0 Å². The second-order valence-electron chi connectivity index (χ2n) is 12.1. The van der Waals surface area contributed by atoms with Crippen LogP contribution in [0.15, 0.2) is 91.0 Å². The van der Waals surface area contributed by atoms with Crippen LogP contribution in [0.2, 0.25) is 0 Å². The lowest BCUT2D eigenvalue weighted by Crippen LogP contribution is -2.63. The molecule has 2 aliphatic heterocycles. The highest BCUT2D eigenvalue weighted by atomic mass is 16.7. The molecule has 1 N–H and O–H groups in total. The quantitative estimate of drug-likeness (QED) is 0.209. The molecule has 0 amide bonds. The number of hydrogen-bond donors (Lipinski definition) is 1. The van der Waals surface area contributed by atoms with Crippen molar-refractivity contribution in [2.24, 2.45) is 0 Å². The molecule has 0 spiro atoms. The number of aliphatic hydroxyl groups is 1. The zero-order chi connectivity index (χ0) is 38.8. The molecule has 3 aromatic rings. The molecule has 54 heavy (non-hydrogen) atoms. The predicted molar refractivity (Wildman–Crippen MR) is 180 cm³/mol. The zero-order valence-corrected chi connectivity index (χ0v) is 29.3. The fourth-order valence-electron chi connectivity index (χ4n) is 5.76. The van der Waals surface area contributed by atoms with Crippen molar-refractivity contribution >= 4 is 35.8 Å². The van der Waals surface area contributed by atoms with Crippen LogP contribution in [0, 0.1) is 0 Å². The van der Waals surface area contributed by atoms with Crippen molar-refractivity contribution in [1.29, 1.82) is 0 Å². The molecule has 0 radical (unpaired) electrons. The molecule has 2 heterocycles. The first-order valence-corrected chi connectivity index (χ1v) is 16.8. The summed E-state index contributed by atoms with van der Waals surface area (Å²) in [5.41, 5.74) is 0.429. The van der Waals surface area contributed by atoms with Gasteiger partial charge < -0.3 is 47.7 Å². The van der Waals surface area contributed by atoms with Gasteiger partial charge in [0.15, 0.2) is 49.2 Å². The van der Waals surface area contributed by atoms with E-state index in [1.54, 1.807) is 54.6 Å². The first-order valence-electron chi connectivity index (χ1n) is 16.8. The number of esters is 6. The lowest BCUT2D eigenvalue weighted by atomic mass is 9.98. The average molecular weight is 751 g/mol. The van der Waals surface area contributed by atoms with E-state index in [4.69, 9.17) is 42.6 Å². The van der Waals surface area contributed by atoms with E-state index in [9.17, 15) is 33.9 Å².